The second-order valence-electron chi connectivity index (χ2n) is 6.16. The minimum absolute atomic E-state index is 0.0401. The van der Waals surface area contributed by atoms with Crippen molar-refractivity contribution in [3.63, 3.8) is 0 Å². The van der Waals surface area contributed by atoms with Crippen molar-refractivity contribution in [3.8, 4) is 0 Å². The predicted octanol–water partition coefficient (Wildman–Crippen LogP) is 3.73. The smallest absolute Gasteiger partial charge is 0.338 e. The van der Waals surface area contributed by atoms with Crippen LogP contribution in [-0.4, -0.2) is 30.2 Å². The van der Waals surface area contributed by atoms with Crippen molar-refractivity contribution in [2.75, 3.05) is 11.5 Å². The van der Waals surface area contributed by atoms with Gasteiger partial charge in [-0.1, -0.05) is 6.07 Å². The van der Waals surface area contributed by atoms with E-state index in [-0.39, 0.29) is 28.2 Å². The molecule has 6 nitrogen and oxygen atoms in total. The monoisotopic (exact) mass is 409 g/mol. The molecule has 0 unspecified atom stereocenters. The van der Waals surface area contributed by atoms with Crippen molar-refractivity contribution in [1.29, 1.82) is 0 Å². The van der Waals surface area contributed by atoms with E-state index in [0.717, 1.165) is 17.0 Å². The molecule has 1 aliphatic heterocycles. The topological polar surface area (TPSA) is 80.8 Å². The SMILES string of the molecule is O=C(OCC(=O)c1cccs1)c1ccc2c(c1)C(=O)N(c1ccc(F)cc1)C2=O. The first-order valence-corrected chi connectivity index (χ1v) is 9.36. The number of halogens is 1. The third-order valence-corrected chi connectivity index (χ3v) is 5.25. The fourth-order valence-corrected chi connectivity index (χ4v) is 3.57. The summed E-state index contributed by atoms with van der Waals surface area (Å²) in [4.78, 5) is 50.9. The van der Waals surface area contributed by atoms with Crippen LogP contribution in [0.5, 0.6) is 0 Å². The number of hydrogen-bond acceptors (Lipinski definition) is 6. The number of esters is 1. The molecule has 29 heavy (non-hydrogen) atoms. The van der Waals surface area contributed by atoms with Gasteiger partial charge in [-0.3, -0.25) is 14.4 Å². The summed E-state index contributed by atoms with van der Waals surface area (Å²) in [6.45, 7) is -0.426. The normalized spacial score (nSPS) is 12.8. The maximum Gasteiger partial charge on any atom is 0.338 e. The molecule has 0 saturated carbocycles. The van der Waals surface area contributed by atoms with Crippen molar-refractivity contribution >= 4 is 40.6 Å². The Morgan fingerprint density at radius 3 is 2.38 bits per heavy atom. The second-order valence-corrected chi connectivity index (χ2v) is 7.11. The van der Waals surface area contributed by atoms with E-state index in [1.165, 1.54) is 41.7 Å². The first kappa shape index (κ1) is 18.7. The van der Waals surface area contributed by atoms with Crippen LogP contribution in [0.4, 0.5) is 10.1 Å². The summed E-state index contributed by atoms with van der Waals surface area (Å²) in [5, 5.41) is 1.74. The highest BCUT2D eigenvalue weighted by molar-refractivity contribution is 7.12. The highest BCUT2D eigenvalue weighted by Gasteiger charge is 2.37. The zero-order valence-electron chi connectivity index (χ0n) is 14.8. The summed E-state index contributed by atoms with van der Waals surface area (Å²) in [6, 6.07) is 12.3. The molecule has 1 aromatic heterocycles. The summed E-state index contributed by atoms with van der Waals surface area (Å²) in [6.07, 6.45) is 0. The molecule has 2 heterocycles. The van der Waals surface area contributed by atoms with Gasteiger partial charge in [0.05, 0.1) is 27.3 Å². The van der Waals surface area contributed by atoms with Gasteiger partial charge in [0.25, 0.3) is 11.8 Å². The van der Waals surface area contributed by atoms with Gasteiger partial charge >= 0.3 is 5.97 Å². The number of nitrogens with zero attached hydrogens (tertiary/aromatic N) is 1. The predicted molar refractivity (Wildman–Crippen MR) is 103 cm³/mol. The molecule has 3 aromatic rings. The number of hydrogen-bond donors (Lipinski definition) is 0. The van der Waals surface area contributed by atoms with E-state index < -0.39 is 30.2 Å². The van der Waals surface area contributed by atoms with Crippen LogP contribution in [0, 0.1) is 5.82 Å². The van der Waals surface area contributed by atoms with Crippen LogP contribution in [0.2, 0.25) is 0 Å². The highest BCUT2D eigenvalue weighted by Crippen LogP contribution is 2.29. The minimum atomic E-state index is -0.779. The molecule has 4 rings (SSSR count). The van der Waals surface area contributed by atoms with Gasteiger partial charge in [0.15, 0.2) is 6.61 Å². The Labute approximate surface area is 168 Å². The Morgan fingerprint density at radius 1 is 0.966 bits per heavy atom. The van der Waals surface area contributed by atoms with Gasteiger partial charge in [-0.15, -0.1) is 11.3 Å². The second kappa shape index (κ2) is 7.40. The molecule has 0 N–H and O–H groups in total. The molecule has 8 heteroatoms. The van der Waals surface area contributed by atoms with Crippen molar-refractivity contribution in [2.45, 2.75) is 0 Å². The molecule has 0 fully saturated rings. The third kappa shape index (κ3) is 3.45. The van der Waals surface area contributed by atoms with Crippen LogP contribution in [0.1, 0.15) is 40.7 Å². The number of benzene rings is 2. The third-order valence-electron chi connectivity index (χ3n) is 4.34. The van der Waals surface area contributed by atoms with Crippen LogP contribution >= 0.6 is 11.3 Å². The molecular formula is C21H12FNO5S. The Kier molecular flexibility index (Phi) is 4.77. The summed E-state index contributed by atoms with van der Waals surface area (Å²) in [5.74, 6) is -2.79. The molecular weight excluding hydrogens is 397 g/mol. The minimum Gasteiger partial charge on any atom is -0.454 e. The van der Waals surface area contributed by atoms with E-state index in [0.29, 0.717) is 4.88 Å². The van der Waals surface area contributed by atoms with E-state index in [2.05, 4.69) is 0 Å². The number of amides is 2. The van der Waals surface area contributed by atoms with Crippen LogP contribution in [0.25, 0.3) is 0 Å². The highest BCUT2D eigenvalue weighted by atomic mass is 32.1. The number of fused-ring (bicyclic) bond motifs is 1. The number of carbonyl (C=O) groups excluding carboxylic acids is 4. The van der Waals surface area contributed by atoms with Crippen molar-refractivity contribution in [1.82, 2.24) is 0 Å². The van der Waals surface area contributed by atoms with Gasteiger partial charge < -0.3 is 4.74 Å². The number of carbonyl (C=O) groups is 4. The zero-order chi connectivity index (χ0) is 20.5. The maximum atomic E-state index is 13.1. The summed E-state index contributed by atoms with van der Waals surface area (Å²) in [5.41, 5.74) is 0.442. The zero-order valence-corrected chi connectivity index (χ0v) is 15.6. The molecule has 0 radical (unpaired) electrons. The molecule has 144 valence electrons. The van der Waals surface area contributed by atoms with E-state index in [9.17, 15) is 23.6 Å². The number of ketones is 1. The standard InChI is InChI=1S/C21H12FNO5S/c22-13-4-6-14(7-5-13)23-19(25)15-8-3-12(10-16(15)20(23)26)21(27)28-11-17(24)18-2-1-9-29-18/h1-10H,11H2. The maximum absolute atomic E-state index is 13.1. The van der Waals surface area contributed by atoms with Gasteiger partial charge in [0.1, 0.15) is 5.82 Å². The molecule has 0 saturated heterocycles. The largest absolute Gasteiger partial charge is 0.454 e. The number of thiophene rings is 1. The molecule has 0 spiro atoms. The molecule has 0 bridgehead atoms. The van der Waals surface area contributed by atoms with E-state index in [4.69, 9.17) is 4.74 Å². The van der Waals surface area contributed by atoms with Gasteiger partial charge in [0, 0.05) is 0 Å². The molecule has 2 aromatic carbocycles. The number of anilines is 1. The molecule has 2 amide bonds. The average molecular weight is 409 g/mol. The fraction of sp³-hybridized carbons (Fsp3) is 0.0476. The summed E-state index contributed by atoms with van der Waals surface area (Å²) in [7, 11) is 0. The van der Waals surface area contributed by atoms with Gasteiger partial charge in [-0.05, 0) is 53.9 Å². The first-order chi connectivity index (χ1) is 14.0. The fourth-order valence-electron chi connectivity index (χ4n) is 2.92. The lowest BCUT2D eigenvalue weighted by Gasteiger charge is -2.13. The van der Waals surface area contributed by atoms with E-state index in [1.54, 1.807) is 17.5 Å². The lowest BCUT2D eigenvalue weighted by molar-refractivity contribution is 0.0475. The number of imide groups is 1. The number of ether oxygens (including phenoxy) is 1. The first-order valence-electron chi connectivity index (χ1n) is 8.48. The van der Waals surface area contributed by atoms with Gasteiger partial charge in [-0.2, -0.15) is 0 Å². The average Bonchev–Trinajstić information content (AvgIpc) is 3.35. The summed E-state index contributed by atoms with van der Waals surface area (Å²) >= 11 is 1.24. The Bertz CT molecular complexity index is 1140. The quantitative estimate of drug-likeness (QED) is 0.364. The Morgan fingerprint density at radius 2 is 1.69 bits per heavy atom. The van der Waals surface area contributed by atoms with Crippen LogP contribution < -0.4 is 4.90 Å². The van der Waals surface area contributed by atoms with Crippen molar-refractivity contribution in [3.05, 3.63) is 87.4 Å². The number of Topliss-reactive ketones (excluding diaryl/α,β-unsaturated/α-hetero) is 1. The molecule has 1 aliphatic rings. The van der Waals surface area contributed by atoms with Crippen LogP contribution in [-0.2, 0) is 4.74 Å². The Hall–Kier alpha value is -3.65. The van der Waals surface area contributed by atoms with E-state index in [1.807, 2.05) is 0 Å². The molecule has 0 atom stereocenters. The van der Waals surface area contributed by atoms with Crippen LogP contribution in [0.3, 0.4) is 0 Å². The lowest BCUT2D eigenvalue weighted by atomic mass is 10.1. The lowest BCUT2D eigenvalue weighted by Crippen LogP contribution is -2.29. The van der Waals surface area contributed by atoms with Gasteiger partial charge in [-0.25, -0.2) is 14.1 Å². The number of rotatable bonds is 5. The van der Waals surface area contributed by atoms with Gasteiger partial charge in [0.2, 0.25) is 5.78 Å². The van der Waals surface area contributed by atoms with Crippen molar-refractivity contribution < 1.29 is 28.3 Å². The van der Waals surface area contributed by atoms with Crippen LogP contribution in [0.15, 0.2) is 60.0 Å². The Balaban J connectivity index is 1.53. The summed E-state index contributed by atoms with van der Waals surface area (Å²) < 4.78 is 18.2. The molecule has 0 aliphatic carbocycles. The van der Waals surface area contributed by atoms with E-state index >= 15 is 0 Å². The van der Waals surface area contributed by atoms with Crippen molar-refractivity contribution in [2.24, 2.45) is 0 Å².